The minimum Gasteiger partial charge on any atom is -0.504 e. The molecule has 9 nitrogen and oxygen atoms in total. The normalized spacial score (nSPS) is 10.9. The number of hydrogen-bond acceptors (Lipinski definition) is 9. The van der Waals surface area contributed by atoms with Crippen LogP contribution in [0.4, 0.5) is 0 Å². The number of rotatable bonds is 9. The Balaban J connectivity index is 3.23. The van der Waals surface area contributed by atoms with Crippen molar-refractivity contribution in [3.05, 3.63) is 17.7 Å². The second-order valence-corrected chi connectivity index (χ2v) is 5.27. The summed E-state index contributed by atoms with van der Waals surface area (Å²) in [5.41, 5.74) is -2.06. The van der Waals surface area contributed by atoms with Gasteiger partial charge in [0.1, 0.15) is 0 Å². The van der Waals surface area contributed by atoms with Gasteiger partial charge in [-0.1, -0.05) is 0 Å². The number of Topliss-reactive ketones (excluding diaryl/α,β-unsaturated/α-hetero) is 1. The molecule has 0 fully saturated rings. The van der Waals surface area contributed by atoms with E-state index < -0.39 is 23.3 Å². The zero-order chi connectivity index (χ0) is 19.9. The lowest BCUT2D eigenvalue weighted by Crippen LogP contribution is -2.64. The van der Waals surface area contributed by atoms with Gasteiger partial charge in [0.15, 0.2) is 17.3 Å². The highest BCUT2D eigenvalue weighted by Crippen LogP contribution is 2.36. The van der Waals surface area contributed by atoms with Gasteiger partial charge in [0.2, 0.25) is 5.75 Å². The molecule has 1 aromatic carbocycles. The van der Waals surface area contributed by atoms with Crippen LogP contribution in [0.15, 0.2) is 12.1 Å². The molecule has 144 valence electrons. The molecule has 0 atom stereocenters. The molecule has 0 amide bonds. The summed E-state index contributed by atoms with van der Waals surface area (Å²) in [7, 11) is 1.27. The van der Waals surface area contributed by atoms with E-state index in [1.54, 1.807) is 0 Å². The highest BCUT2D eigenvalue weighted by Gasteiger charge is 2.53. The molecule has 0 aromatic heterocycles. The lowest BCUT2D eigenvalue weighted by molar-refractivity contribution is -0.168. The van der Waals surface area contributed by atoms with Crippen LogP contribution in [0.1, 0.15) is 26.3 Å². The number of ketones is 1. The van der Waals surface area contributed by atoms with Crippen LogP contribution >= 0.6 is 0 Å². The first-order valence-corrected chi connectivity index (χ1v) is 7.93. The zero-order valence-electron chi connectivity index (χ0n) is 15.1. The third-order valence-corrected chi connectivity index (χ3v) is 3.56. The van der Waals surface area contributed by atoms with E-state index >= 15 is 0 Å². The summed E-state index contributed by atoms with van der Waals surface area (Å²) in [6.45, 7) is 3.82. The van der Waals surface area contributed by atoms with Gasteiger partial charge in [-0.05, 0) is 38.5 Å². The lowest BCUT2D eigenvalue weighted by atomic mass is 9.94. The quantitative estimate of drug-likeness (QED) is 0.424. The summed E-state index contributed by atoms with van der Waals surface area (Å²) < 4.78 is 14.6. The van der Waals surface area contributed by atoms with Crippen LogP contribution in [0.25, 0.3) is 0 Å². The number of ether oxygens (including phenoxy) is 3. The van der Waals surface area contributed by atoms with Gasteiger partial charge >= 0.3 is 11.9 Å². The molecule has 0 aliphatic carbocycles. The Labute approximate surface area is 150 Å². The van der Waals surface area contributed by atoms with Crippen molar-refractivity contribution >= 4 is 17.7 Å². The lowest BCUT2D eigenvalue weighted by Gasteiger charge is -2.27. The average molecular weight is 369 g/mol. The minimum absolute atomic E-state index is 0.0426. The molecule has 0 heterocycles. The molecule has 1 aromatic rings. The van der Waals surface area contributed by atoms with Gasteiger partial charge in [-0.15, -0.1) is 0 Å². The van der Waals surface area contributed by atoms with Gasteiger partial charge in [0.05, 0.1) is 20.3 Å². The molecule has 3 N–H and O–H groups in total. The van der Waals surface area contributed by atoms with Crippen LogP contribution in [0, 0.1) is 0 Å². The maximum absolute atomic E-state index is 12.4. The van der Waals surface area contributed by atoms with Crippen LogP contribution in [0.5, 0.6) is 17.2 Å². The fraction of sp³-hybridized carbons (Fsp3) is 0.471. The molecular weight excluding hydrogens is 346 g/mol. The van der Waals surface area contributed by atoms with Gasteiger partial charge < -0.3 is 24.4 Å². The Hall–Kier alpha value is -2.81. The molecular formula is C17H23NO8. The number of nitrogens with one attached hydrogen (secondary N) is 1. The summed E-state index contributed by atoms with van der Waals surface area (Å²) in [6.07, 6.45) is 0. The predicted octanol–water partition coefficient (Wildman–Crippen LogP) is 0.650. The Bertz CT molecular complexity index is 644. The monoisotopic (exact) mass is 369 g/mol. The van der Waals surface area contributed by atoms with Gasteiger partial charge in [-0.2, -0.15) is 0 Å². The molecule has 0 spiro atoms. The first-order chi connectivity index (χ1) is 12.2. The number of phenolic OH excluding ortho intramolecular Hbond substituents is 2. The summed E-state index contributed by atoms with van der Waals surface area (Å²) >= 11 is 0. The van der Waals surface area contributed by atoms with E-state index in [0.29, 0.717) is 5.56 Å². The third-order valence-electron chi connectivity index (χ3n) is 3.56. The fourth-order valence-corrected chi connectivity index (χ4v) is 2.32. The van der Waals surface area contributed by atoms with Crippen molar-refractivity contribution in [2.75, 3.05) is 20.3 Å². The summed E-state index contributed by atoms with van der Waals surface area (Å²) in [4.78, 5) is 36.9. The Morgan fingerprint density at radius 1 is 1.04 bits per heavy atom. The van der Waals surface area contributed by atoms with Gasteiger partial charge in [0, 0.05) is 6.54 Å². The van der Waals surface area contributed by atoms with E-state index in [4.69, 9.17) is 14.2 Å². The van der Waals surface area contributed by atoms with E-state index in [9.17, 15) is 24.6 Å². The van der Waals surface area contributed by atoms with Crippen molar-refractivity contribution in [2.24, 2.45) is 0 Å². The molecule has 0 unspecified atom stereocenters. The third kappa shape index (κ3) is 4.23. The minimum atomic E-state index is -2.35. The second-order valence-electron chi connectivity index (χ2n) is 5.27. The first-order valence-electron chi connectivity index (χ1n) is 7.93. The average Bonchev–Trinajstić information content (AvgIpc) is 2.55. The van der Waals surface area contributed by atoms with Gasteiger partial charge in [-0.3, -0.25) is 10.1 Å². The SMILES string of the molecule is CCOC(=O)C(NCc1cc(O)c(OC)c(O)c1)(C(C)=O)C(=O)OCC. The maximum atomic E-state index is 12.4. The number of carbonyl (C=O) groups excluding carboxylic acids is 3. The smallest absolute Gasteiger partial charge is 0.346 e. The number of carbonyl (C=O) groups is 3. The largest absolute Gasteiger partial charge is 0.504 e. The molecule has 0 saturated heterocycles. The number of hydrogen-bond donors (Lipinski definition) is 3. The molecule has 0 aliphatic heterocycles. The standard InChI is InChI=1S/C17H23NO8/c1-5-25-15(22)17(10(3)19,16(23)26-6-2)18-9-11-7-12(20)14(24-4)13(21)8-11/h7-8,18,20-21H,5-6,9H2,1-4H3. The number of methoxy groups -OCH3 is 1. The molecule has 0 aliphatic rings. The number of phenols is 2. The van der Waals surface area contributed by atoms with Crippen molar-refractivity contribution in [3.63, 3.8) is 0 Å². The van der Waals surface area contributed by atoms with E-state index in [0.717, 1.165) is 6.92 Å². The highest BCUT2D eigenvalue weighted by molar-refractivity contribution is 6.24. The highest BCUT2D eigenvalue weighted by atomic mass is 16.6. The van der Waals surface area contributed by atoms with Gasteiger partial charge in [0.25, 0.3) is 5.54 Å². The van der Waals surface area contributed by atoms with Crippen LogP contribution in [-0.2, 0) is 30.4 Å². The van der Waals surface area contributed by atoms with Crippen LogP contribution in [0.3, 0.4) is 0 Å². The van der Waals surface area contributed by atoms with Crippen molar-refractivity contribution in [1.29, 1.82) is 0 Å². The Kier molecular flexibility index (Phi) is 7.39. The second kappa shape index (κ2) is 9.04. The molecule has 0 bridgehead atoms. The summed E-state index contributed by atoms with van der Waals surface area (Å²) in [6, 6.07) is 2.51. The van der Waals surface area contributed by atoms with E-state index in [1.807, 2.05) is 0 Å². The predicted molar refractivity (Wildman–Crippen MR) is 89.8 cm³/mol. The first kappa shape index (κ1) is 21.2. The fourth-order valence-electron chi connectivity index (χ4n) is 2.32. The number of aromatic hydroxyl groups is 2. The summed E-state index contributed by atoms with van der Waals surface area (Å²) in [5.74, 6) is -3.80. The molecule has 0 saturated carbocycles. The van der Waals surface area contributed by atoms with E-state index in [-0.39, 0.29) is 37.0 Å². The van der Waals surface area contributed by atoms with Crippen molar-refractivity contribution in [2.45, 2.75) is 32.9 Å². The number of esters is 2. The maximum Gasteiger partial charge on any atom is 0.346 e. The van der Waals surface area contributed by atoms with Crippen LogP contribution < -0.4 is 10.1 Å². The summed E-state index contributed by atoms with van der Waals surface area (Å²) in [5, 5.41) is 22.2. The van der Waals surface area contributed by atoms with Crippen molar-refractivity contribution < 1.29 is 38.8 Å². The molecule has 0 radical (unpaired) electrons. The molecule has 9 heteroatoms. The number of benzene rings is 1. The molecule has 1 rings (SSSR count). The van der Waals surface area contributed by atoms with Crippen molar-refractivity contribution in [1.82, 2.24) is 5.32 Å². The van der Waals surface area contributed by atoms with Crippen LogP contribution in [0.2, 0.25) is 0 Å². The Morgan fingerprint density at radius 2 is 1.50 bits per heavy atom. The topological polar surface area (TPSA) is 131 Å². The Morgan fingerprint density at radius 3 is 1.85 bits per heavy atom. The van der Waals surface area contributed by atoms with Crippen molar-refractivity contribution in [3.8, 4) is 17.2 Å². The van der Waals surface area contributed by atoms with E-state index in [2.05, 4.69) is 5.32 Å². The zero-order valence-corrected chi connectivity index (χ0v) is 15.1. The van der Waals surface area contributed by atoms with Crippen LogP contribution in [-0.4, -0.2) is 53.8 Å². The van der Waals surface area contributed by atoms with Gasteiger partial charge in [-0.25, -0.2) is 9.59 Å². The van der Waals surface area contributed by atoms with E-state index in [1.165, 1.54) is 33.1 Å². The molecule has 26 heavy (non-hydrogen) atoms.